The maximum atomic E-state index is 6.89. The first kappa shape index (κ1) is 29.5. The molecule has 0 fully saturated rings. The average molecular weight is 640 g/mol. The van der Waals surface area contributed by atoms with Gasteiger partial charge in [-0.25, -0.2) is 4.98 Å². The van der Waals surface area contributed by atoms with Crippen molar-refractivity contribution < 1.29 is 9.15 Å². The molecule has 5 heteroatoms. The van der Waals surface area contributed by atoms with Crippen molar-refractivity contribution in [3.05, 3.63) is 127 Å². The third-order valence-corrected chi connectivity index (χ3v) is 9.85. The predicted octanol–water partition coefficient (Wildman–Crippen LogP) is 12.1. The maximum Gasteiger partial charge on any atom is 0.178 e. The Kier molecular flexibility index (Phi) is 6.26. The van der Waals surface area contributed by atoms with E-state index in [-0.39, 0.29) is 10.8 Å². The quantitative estimate of drug-likeness (QED) is 0.180. The van der Waals surface area contributed by atoms with Gasteiger partial charge in [0.2, 0.25) is 0 Å². The summed E-state index contributed by atoms with van der Waals surface area (Å²) in [5.41, 5.74) is 8.07. The second kappa shape index (κ2) is 10.4. The fourth-order valence-corrected chi connectivity index (χ4v) is 7.23. The fraction of sp³-hybridized carbons (Fsp3) is 0.182. The summed E-state index contributed by atoms with van der Waals surface area (Å²) in [6.45, 7) is 13.4. The van der Waals surface area contributed by atoms with Gasteiger partial charge in [-0.1, -0.05) is 84.0 Å². The second-order valence-electron chi connectivity index (χ2n) is 15.2. The standard InChI is InChI=1S/C44H37N3O2/c1-43(2,3)27-18-20-45-34(22-27)33-25-38(42-41-32(33)16-14-26-10-9-13-37(49-42)40(26)41)48-29-15-17-31-30-11-7-8-12-35(30)47(36(31)24-29)39-23-28(19-21-46-39)44(4,5)6/h7-25H,1-6H3. The maximum absolute atomic E-state index is 6.89. The molecule has 49 heavy (non-hydrogen) atoms. The SMILES string of the molecule is CC(C)(C)c1ccnc(-c2cc(Oc3ccc4c5ccccc5n(-c5cc(C(C)(C)C)ccn5)c4c3)c3oc4cccc5ccc2c3c54)c1. The first-order valence-corrected chi connectivity index (χ1v) is 16.9. The zero-order chi connectivity index (χ0) is 33.7. The molecule has 9 aromatic rings. The number of hydrogen-bond donors (Lipinski definition) is 0. The number of pyridine rings is 2. The summed E-state index contributed by atoms with van der Waals surface area (Å²) >= 11 is 0. The highest BCUT2D eigenvalue weighted by molar-refractivity contribution is 6.25. The van der Waals surface area contributed by atoms with Crippen LogP contribution >= 0.6 is 0 Å². The van der Waals surface area contributed by atoms with Crippen LogP contribution in [0, 0.1) is 0 Å². The number of ether oxygens (including phenoxy) is 1. The van der Waals surface area contributed by atoms with Gasteiger partial charge in [0.15, 0.2) is 11.3 Å². The molecule has 0 aliphatic carbocycles. The summed E-state index contributed by atoms with van der Waals surface area (Å²) < 4.78 is 15.7. The third kappa shape index (κ3) is 4.67. The van der Waals surface area contributed by atoms with Crippen LogP contribution in [-0.4, -0.2) is 14.5 Å². The second-order valence-corrected chi connectivity index (χ2v) is 15.2. The van der Waals surface area contributed by atoms with Gasteiger partial charge in [-0.2, -0.15) is 0 Å². The van der Waals surface area contributed by atoms with Crippen LogP contribution < -0.4 is 4.74 Å². The van der Waals surface area contributed by atoms with E-state index >= 15 is 0 Å². The van der Waals surface area contributed by atoms with E-state index in [9.17, 15) is 0 Å². The highest BCUT2D eigenvalue weighted by atomic mass is 16.5. The van der Waals surface area contributed by atoms with Crippen LogP contribution in [0.3, 0.4) is 0 Å². The van der Waals surface area contributed by atoms with E-state index in [0.29, 0.717) is 11.5 Å². The molecule has 5 nitrogen and oxygen atoms in total. The highest BCUT2D eigenvalue weighted by Crippen LogP contribution is 2.47. The molecule has 0 N–H and O–H groups in total. The smallest absolute Gasteiger partial charge is 0.178 e. The van der Waals surface area contributed by atoms with Gasteiger partial charge in [0.1, 0.15) is 17.2 Å². The molecule has 240 valence electrons. The summed E-state index contributed by atoms with van der Waals surface area (Å²) in [6.07, 6.45) is 3.82. The van der Waals surface area contributed by atoms with Gasteiger partial charge in [0.05, 0.1) is 16.7 Å². The Morgan fingerprint density at radius 2 is 1.35 bits per heavy atom. The van der Waals surface area contributed by atoms with E-state index in [1.54, 1.807) is 0 Å². The summed E-state index contributed by atoms with van der Waals surface area (Å²) in [5, 5.41) is 6.71. The van der Waals surface area contributed by atoms with Crippen molar-refractivity contribution in [1.82, 2.24) is 14.5 Å². The van der Waals surface area contributed by atoms with Crippen molar-refractivity contribution in [3.63, 3.8) is 0 Å². The summed E-state index contributed by atoms with van der Waals surface area (Å²) in [6, 6.07) is 36.1. The van der Waals surface area contributed by atoms with Crippen LogP contribution in [0.15, 0.2) is 120 Å². The van der Waals surface area contributed by atoms with Crippen molar-refractivity contribution in [1.29, 1.82) is 0 Å². The fourth-order valence-electron chi connectivity index (χ4n) is 7.23. The van der Waals surface area contributed by atoms with E-state index in [1.807, 2.05) is 24.5 Å². The molecule has 4 heterocycles. The molecular formula is C44H37N3O2. The Morgan fingerprint density at radius 1 is 0.612 bits per heavy atom. The average Bonchev–Trinajstić information content (AvgIpc) is 3.64. The Balaban J connectivity index is 1.27. The first-order valence-electron chi connectivity index (χ1n) is 16.9. The van der Waals surface area contributed by atoms with Crippen molar-refractivity contribution >= 4 is 54.5 Å². The molecule has 0 radical (unpaired) electrons. The van der Waals surface area contributed by atoms with Crippen LogP contribution in [0.2, 0.25) is 0 Å². The van der Waals surface area contributed by atoms with Crippen LogP contribution in [0.25, 0.3) is 71.6 Å². The molecule has 0 spiro atoms. The lowest BCUT2D eigenvalue weighted by Crippen LogP contribution is -2.12. The number of nitrogens with zero attached hydrogens (tertiary/aromatic N) is 3. The summed E-state index contributed by atoms with van der Waals surface area (Å²) in [7, 11) is 0. The summed E-state index contributed by atoms with van der Waals surface area (Å²) in [4.78, 5) is 9.74. The molecule has 0 amide bonds. The molecule has 0 aliphatic rings. The molecular weight excluding hydrogens is 603 g/mol. The van der Waals surface area contributed by atoms with Gasteiger partial charge in [-0.3, -0.25) is 9.55 Å². The molecule has 0 atom stereocenters. The minimum absolute atomic E-state index is 0.00850. The van der Waals surface area contributed by atoms with Gasteiger partial charge >= 0.3 is 0 Å². The van der Waals surface area contributed by atoms with E-state index in [2.05, 4.69) is 137 Å². The zero-order valence-electron chi connectivity index (χ0n) is 28.6. The van der Waals surface area contributed by atoms with Crippen LogP contribution in [0.5, 0.6) is 11.5 Å². The Morgan fingerprint density at radius 3 is 2.16 bits per heavy atom. The molecule has 0 bridgehead atoms. The van der Waals surface area contributed by atoms with Crippen LogP contribution in [0.4, 0.5) is 0 Å². The largest absolute Gasteiger partial charge is 0.453 e. The molecule has 5 aromatic carbocycles. The molecule has 4 aromatic heterocycles. The van der Waals surface area contributed by atoms with Gasteiger partial charge in [-0.15, -0.1) is 0 Å². The predicted molar refractivity (Wildman–Crippen MR) is 202 cm³/mol. The lowest BCUT2D eigenvalue weighted by molar-refractivity contribution is 0.477. The zero-order valence-corrected chi connectivity index (χ0v) is 28.6. The van der Waals surface area contributed by atoms with Crippen molar-refractivity contribution in [2.45, 2.75) is 52.4 Å². The minimum Gasteiger partial charge on any atom is -0.453 e. The molecule has 0 unspecified atom stereocenters. The Hall–Kier alpha value is -5.68. The highest BCUT2D eigenvalue weighted by Gasteiger charge is 2.24. The number of furan rings is 1. The number of para-hydroxylation sites is 1. The van der Waals surface area contributed by atoms with E-state index < -0.39 is 0 Å². The third-order valence-electron chi connectivity index (χ3n) is 9.85. The lowest BCUT2D eigenvalue weighted by atomic mass is 9.86. The van der Waals surface area contributed by atoms with Crippen LogP contribution in [-0.2, 0) is 10.8 Å². The van der Waals surface area contributed by atoms with Crippen molar-refractivity contribution in [3.8, 4) is 28.6 Å². The van der Waals surface area contributed by atoms with Gasteiger partial charge in [0.25, 0.3) is 0 Å². The normalized spacial score (nSPS) is 12.7. The first-order chi connectivity index (χ1) is 23.5. The number of aromatic nitrogens is 3. The van der Waals surface area contributed by atoms with Crippen LogP contribution in [0.1, 0.15) is 52.7 Å². The molecule has 0 saturated carbocycles. The molecule has 0 aliphatic heterocycles. The number of hydrogen-bond acceptors (Lipinski definition) is 4. The van der Waals surface area contributed by atoms with E-state index in [4.69, 9.17) is 19.1 Å². The molecule has 0 saturated heterocycles. The Bertz CT molecular complexity index is 2720. The minimum atomic E-state index is -0.0151. The van der Waals surface area contributed by atoms with Gasteiger partial charge < -0.3 is 9.15 Å². The Labute approximate surface area is 285 Å². The van der Waals surface area contributed by atoms with Gasteiger partial charge in [-0.05, 0) is 87.3 Å². The number of fused-ring (bicyclic) bond motifs is 3. The monoisotopic (exact) mass is 639 g/mol. The van der Waals surface area contributed by atoms with E-state index in [0.717, 1.165) is 66.2 Å². The number of rotatable bonds is 4. The van der Waals surface area contributed by atoms with E-state index in [1.165, 1.54) is 16.5 Å². The summed E-state index contributed by atoms with van der Waals surface area (Å²) in [5.74, 6) is 2.26. The molecule has 9 rings (SSSR count). The number of benzene rings is 5. The van der Waals surface area contributed by atoms with Crippen molar-refractivity contribution in [2.75, 3.05) is 0 Å². The van der Waals surface area contributed by atoms with Gasteiger partial charge in [0, 0.05) is 45.6 Å². The topological polar surface area (TPSA) is 53.1 Å². The lowest BCUT2D eigenvalue weighted by Gasteiger charge is -2.20. The van der Waals surface area contributed by atoms with Crippen molar-refractivity contribution in [2.24, 2.45) is 0 Å².